The molecule has 0 spiro atoms. The lowest BCUT2D eigenvalue weighted by atomic mass is 9.76. The first-order chi connectivity index (χ1) is 13.5. The van der Waals surface area contributed by atoms with Crippen molar-refractivity contribution in [3.05, 3.63) is 0 Å². The molecule has 2 saturated carbocycles. The number of carboxylic acids is 2. The highest BCUT2D eigenvalue weighted by Gasteiger charge is 2.31. The average molecular weight is 396 g/mol. The number of rotatable bonds is 11. The summed E-state index contributed by atoms with van der Waals surface area (Å²) < 4.78 is 0. The Bertz CT molecular complexity index is 509. The molecule has 0 bridgehead atoms. The van der Waals surface area contributed by atoms with Crippen LogP contribution >= 0.6 is 0 Å². The van der Waals surface area contributed by atoms with Gasteiger partial charge in [0.25, 0.3) is 0 Å². The number of carboxylic acid groups (broad SMARTS) is 2. The third-order valence-electron chi connectivity index (χ3n) is 6.61. The largest absolute Gasteiger partial charge is 0.481 e. The summed E-state index contributed by atoms with van der Waals surface area (Å²) in [5.74, 6) is -1.78. The SMILES string of the molecule is O=C(O)CCNC(=O)[C@@H](CC1CCCCC1)C[C@H](CC1CCCCC1)C(=O)O. The maximum Gasteiger partial charge on any atom is 0.306 e. The van der Waals surface area contributed by atoms with Gasteiger partial charge in [-0.1, -0.05) is 64.2 Å². The Hall–Kier alpha value is -1.59. The normalized spacial score (nSPS) is 21.0. The molecule has 0 aromatic carbocycles. The van der Waals surface area contributed by atoms with Gasteiger partial charge in [0.05, 0.1) is 12.3 Å². The van der Waals surface area contributed by atoms with Crippen LogP contribution < -0.4 is 5.32 Å². The molecular formula is C22H37NO5. The zero-order valence-electron chi connectivity index (χ0n) is 17.0. The van der Waals surface area contributed by atoms with E-state index in [1.165, 1.54) is 38.5 Å². The van der Waals surface area contributed by atoms with E-state index in [2.05, 4.69) is 5.32 Å². The Labute approximate surface area is 168 Å². The second-order valence-electron chi connectivity index (χ2n) is 8.88. The summed E-state index contributed by atoms with van der Waals surface area (Å²) in [5.41, 5.74) is 0. The van der Waals surface area contributed by atoms with Gasteiger partial charge >= 0.3 is 11.9 Å². The minimum Gasteiger partial charge on any atom is -0.481 e. The molecule has 160 valence electrons. The topological polar surface area (TPSA) is 104 Å². The highest BCUT2D eigenvalue weighted by Crippen LogP contribution is 2.35. The van der Waals surface area contributed by atoms with Gasteiger partial charge in [-0.2, -0.15) is 0 Å². The molecule has 28 heavy (non-hydrogen) atoms. The highest BCUT2D eigenvalue weighted by atomic mass is 16.4. The fraction of sp³-hybridized carbons (Fsp3) is 0.864. The van der Waals surface area contributed by atoms with Gasteiger partial charge in [0.2, 0.25) is 5.91 Å². The molecule has 0 unspecified atom stereocenters. The summed E-state index contributed by atoms with van der Waals surface area (Å²) in [6, 6.07) is 0. The van der Waals surface area contributed by atoms with Gasteiger partial charge in [-0.3, -0.25) is 14.4 Å². The van der Waals surface area contributed by atoms with Gasteiger partial charge in [-0.15, -0.1) is 0 Å². The van der Waals surface area contributed by atoms with E-state index in [0.29, 0.717) is 24.7 Å². The summed E-state index contributed by atoms with van der Waals surface area (Å²) in [4.78, 5) is 35.4. The Kier molecular flexibility index (Phi) is 9.79. The molecule has 6 heteroatoms. The lowest BCUT2D eigenvalue weighted by Crippen LogP contribution is -2.36. The van der Waals surface area contributed by atoms with Crippen LogP contribution in [0, 0.1) is 23.7 Å². The first-order valence-electron chi connectivity index (χ1n) is 11.2. The smallest absolute Gasteiger partial charge is 0.306 e. The second kappa shape index (κ2) is 12.1. The molecule has 0 heterocycles. The van der Waals surface area contributed by atoms with Crippen LogP contribution in [0.15, 0.2) is 0 Å². The summed E-state index contributed by atoms with van der Waals surface area (Å²) in [6.45, 7) is 0.107. The maximum atomic E-state index is 12.8. The molecule has 0 saturated heterocycles. The molecule has 0 aromatic rings. The standard InChI is InChI=1S/C22H37NO5/c24-20(25)11-12-23-21(26)18(13-16-7-3-1-4-8-16)15-19(22(27)28)14-17-9-5-2-6-10-17/h16-19H,1-15H2,(H,23,26)(H,24,25)(H,27,28)/t18-,19-/m0/s1. The summed E-state index contributed by atoms with van der Waals surface area (Å²) in [5, 5.41) is 21.3. The van der Waals surface area contributed by atoms with Crippen molar-refractivity contribution >= 4 is 17.8 Å². The monoisotopic (exact) mass is 395 g/mol. The van der Waals surface area contributed by atoms with Gasteiger partial charge < -0.3 is 15.5 Å². The second-order valence-corrected chi connectivity index (χ2v) is 8.88. The fourth-order valence-electron chi connectivity index (χ4n) is 5.04. The van der Waals surface area contributed by atoms with Gasteiger partial charge in [0.15, 0.2) is 0 Å². The van der Waals surface area contributed by atoms with Crippen molar-refractivity contribution in [2.45, 2.75) is 89.9 Å². The average Bonchev–Trinajstić information content (AvgIpc) is 2.68. The predicted octanol–water partition coefficient (Wildman–Crippen LogP) is 4.23. The van der Waals surface area contributed by atoms with Gasteiger partial charge in [0, 0.05) is 12.5 Å². The molecular weight excluding hydrogens is 358 g/mol. The van der Waals surface area contributed by atoms with Crippen LogP contribution in [0.4, 0.5) is 0 Å². The van der Waals surface area contributed by atoms with Crippen molar-refractivity contribution in [1.82, 2.24) is 5.32 Å². The van der Waals surface area contributed by atoms with E-state index in [-0.39, 0.29) is 24.8 Å². The lowest BCUT2D eigenvalue weighted by Gasteiger charge is -2.29. The third kappa shape index (κ3) is 8.19. The van der Waals surface area contributed by atoms with Crippen LogP contribution in [0.5, 0.6) is 0 Å². The number of hydrogen-bond acceptors (Lipinski definition) is 3. The predicted molar refractivity (Wildman–Crippen MR) is 107 cm³/mol. The van der Waals surface area contributed by atoms with Crippen LogP contribution in [0.1, 0.15) is 89.9 Å². The molecule has 1 amide bonds. The molecule has 2 aliphatic carbocycles. The summed E-state index contributed by atoms with van der Waals surface area (Å²) in [6.07, 6.45) is 13.3. The molecule has 2 fully saturated rings. The first kappa shape index (κ1) is 22.7. The van der Waals surface area contributed by atoms with E-state index in [1.807, 2.05) is 0 Å². The number of amides is 1. The fourth-order valence-corrected chi connectivity index (χ4v) is 5.04. The highest BCUT2D eigenvalue weighted by molar-refractivity contribution is 5.80. The molecule has 2 atom stereocenters. The zero-order chi connectivity index (χ0) is 20.4. The molecule has 0 aromatic heterocycles. The van der Waals surface area contributed by atoms with E-state index in [9.17, 15) is 19.5 Å². The van der Waals surface area contributed by atoms with Crippen LogP contribution in [0.2, 0.25) is 0 Å². The van der Waals surface area contributed by atoms with Crippen molar-refractivity contribution in [2.24, 2.45) is 23.7 Å². The zero-order valence-corrected chi connectivity index (χ0v) is 17.0. The van der Waals surface area contributed by atoms with E-state index in [4.69, 9.17) is 5.11 Å². The molecule has 2 rings (SSSR count). The Morgan fingerprint density at radius 2 is 1.29 bits per heavy atom. The first-order valence-corrected chi connectivity index (χ1v) is 11.2. The molecule has 3 N–H and O–H groups in total. The van der Waals surface area contributed by atoms with E-state index in [1.54, 1.807) is 0 Å². The third-order valence-corrected chi connectivity index (χ3v) is 6.61. The quantitative estimate of drug-likeness (QED) is 0.486. The summed E-state index contributed by atoms with van der Waals surface area (Å²) in [7, 11) is 0. The van der Waals surface area contributed by atoms with Crippen molar-refractivity contribution < 1.29 is 24.6 Å². The van der Waals surface area contributed by atoms with Crippen LogP contribution in [-0.4, -0.2) is 34.6 Å². The van der Waals surface area contributed by atoms with E-state index in [0.717, 1.165) is 32.1 Å². The number of carbonyl (C=O) groups is 3. The van der Waals surface area contributed by atoms with Crippen molar-refractivity contribution in [3.8, 4) is 0 Å². The Morgan fingerprint density at radius 1 is 0.786 bits per heavy atom. The number of carbonyl (C=O) groups excluding carboxylic acids is 1. The summed E-state index contributed by atoms with van der Waals surface area (Å²) >= 11 is 0. The molecule has 0 radical (unpaired) electrons. The molecule has 0 aliphatic heterocycles. The van der Waals surface area contributed by atoms with Crippen molar-refractivity contribution in [2.75, 3.05) is 6.54 Å². The number of aliphatic carboxylic acids is 2. The van der Waals surface area contributed by atoms with Gasteiger partial charge in [-0.25, -0.2) is 0 Å². The van der Waals surface area contributed by atoms with Crippen molar-refractivity contribution in [3.63, 3.8) is 0 Å². The van der Waals surface area contributed by atoms with Crippen LogP contribution in [0.3, 0.4) is 0 Å². The minimum atomic E-state index is -0.940. The van der Waals surface area contributed by atoms with Crippen LogP contribution in [-0.2, 0) is 14.4 Å². The number of hydrogen-bond donors (Lipinski definition) is 3. The Morgan fingerprint density at radius 3 is 1.75 bits per heavy atom. The Balaban J connectivity index is 1.98. The maximum absolute atomic E-state index is 12.8. The van der Waals surface area contributed by atoms with Crippen LogP contribution in [0.25, 0.3) is 0 Å². The van der Waals surface area contributed by atoms with Crippen molar-refractivity contribution in [1.29, 1.82) is 0 Å². The molecule has 2 aliphatic rings. The van der Waals surface area contributed by atoms with Gasteiger partial charge in [0.1, 0.15) is 0 Å². The van der Waals surface area contributed by atoms with E-state index >= 15 is 0 Å². The van der Waals surface area contributed by atoms with Gasteiger partial charge in [-0.05, 0) is 31.1 Å². The lowest BCUT2D eigenvalue weighted by molar-refractivity contribution is -0.143. The number of nitrogens with one attached hydrogen (secondary N) is 1. The minimum absolute atomic E-state index is 0.105. The van der Waals surface area contributed by atoms with E-state index < -0.39 is 17.9 Å². The molecule has 6 nitrogen and oxygen atoms in total.